The van der Waals surface area contributed by atoms with Gasteiger partial charge in [-0.3, -0.25) is 0 Å². The van der Waals surface area contributed by atoms with Crippen molar-refractivity contribution in [1.29, 1.82) is 0 Å². The second kappa shape index (κ2) is 4.40. The fourth-order valence-electron chi connectivity index (χ4n) is 1.76. The van der Waals surface area contributed by atoms with Gasteiger partial charge in [0.2, 0.25) is 5.60 Å². The fraction of sp³-hybridized carbons (Fsp3) is 0.231. The zero-order valence-corrected chi connectivity index (χ0v) is 10.3. The Kier molecular flexibility index (Phi) is 3.21. The van der Waals surface area contributed by atoms with Crippen LogP contribution in [-0.2, 0) is 5.60 Å². The van der Waals surface area contributed by atoms with Crippen molar-refractivity contribution in [2.75, 3.05) is 0 Å². The molecule has 0 aliphatic carbocycles. The van der Waals surface area contributed by atoms with Crippen LogP contribution >= 0.6 is 11.3 Å². The molecule has 18 heavy (non-hydrogen) atoms. The van der Waals surface area contributed by atoms with E-state index in [1.54, 1.807) is 19.1 Å². The quantitative estimate of drug-likeness (QED) is 0.880. The average Bonchev–Trinajstić information content (AvgIpc) is 2.81. The van der Waals surface area contributed by atoms with E-state index in [1.807, 2.05) is 0 Å². The molecule has 1 unspecified atom stereocenters. The lowest BCUT2D eigenvalue weighted by atomic mass is 9.87. The minimum absolute atomic E-state index is 0.149. The first-order chi connectivity index (χ1) is 8.35. The molecule has 1 N–H and O–H groups in total. The maximum absolute atomic E-state index is 13.2. The van der Waals surface area contributed by atoms with Crippen LogP contribution in [0.4, 0.5) is 13.2 Å². The van der Waals surface area contributed by atoms with E-state index >= 15 is 0 Å². The largest absolute Gasteiger partial charge is 0.425 e. The van der Waals surface area contributed by atoms with Crippen LogP contribution in [0.2, 0.25) is 0 Å². The van der Waals surface area contributed by atoms with Crippen molar-refractivity contribution in [2.24, 2.45) is 0 Å². The molecule has 1 heterocycles. The fourth-order valence-corrected chi connectivity index (χ4v) is 2.46. The molecule has 0 radical (unpaired) electrons. The maximum atomic E-state index is 13.2. The molecule has 96 valence electrons. The van der Waals surface area contributed by atoms with Crippen molar-refractivity contribution in [2.45, 2.75) is 18.7 Å². The van der Waals surface area contributed by atoms with Gasteiger partial charge in [-0.15, -0.1) is 0 Å². The van der Waals surface area contributed by atoms with Gasteiger partial charge in [0.05, 0.1) is 0 Å². The van der Waals surface area contributed by atoms with Crippen molar-refractivity contribution in [3.8, 4) is 0 Å². The van der Waals surface area contributed by atoms with Crippen molar-refractivity contribution in [3.63, 3.8) is 0 Å². The number of hydrogen-bond donors (Lipinski definition) is 1. The molecule has 0 bridgehead atoms. The molecule has 0 fully saturated rings. The van der Waals surface area contributed by atoms with E-state index in [1.165, 1.54) is 29.0 Å². The van der Waals surface area contributed by atoms with Gasteiger partial charge in [-0.25, -0.2) is 0 Å². The van der Waals surface area contributed by atoms with Gasteiger partial charge >= 0.3 is 6.18 Å². The first-order valence-electron chi connectivity index (χ1n) is 5.24. The number of aliphatic hydroxyl groups is 1. The lowest BCUT2D eigenvalue weighted by molar-refractivity contribution is -0.248. The predicted octanol–water partition coefficient (Wildman–Crippen LogP) is 3.85. The minimum Gasteiger partial charge on any atom is -0.372 e. The normalized spacial score (nSPS) is 15.4. The molecule has 5 heteroatoms. The summed E-state index contributed by atoms with van der Waals surface area (Å²) in [6, 6.07) is 7.01. The second-order valence-electron chi connectivity index (χ2n) is 4.09. The molecule has 2 rings (SSSR count). The summed E-state index contributed by atoms with van der Waals surface area (Å²) in [4.78, 5) is 0. The smallest absolute Gasteiger partial charge is 0.372 e. The lowest BCUT2D eigenvalue weighted by Crippen LogP contribution is -2.43. The first-order valence-corrected chi connectivity index (χ1v) is 6.19. The van der Waals surface area contributed by atoms with Crippen LogP contribution in [0, 0.1) is 6.92 Å². The van der Waals surface area contributed by atoms with E-state index in [0.29, 0.717) is 0 Å². The highest BCUT2D eigenvalue weighted by Gasteiger charge is 2.56. The molecule has 0 amide bonds. The topological polar surface area (TPSA) is 20.2 Å². The molecule has 0 saturated heterocycles. The van der Waals surface area contributed by atoms with Gasteiger partial charge < -0.3 is 5.11 Å². The Labute approximate surface area is 107 Å². The van der Waals surface area contributed by atoms with E-state index in [-0.39, 0.29) is 11.1 Å². The molecular weight excluding hydrogens is 261 g/mol. The molecule has 1 aromatic heterocycles. The number of thiophene rings is 1. The van der Waals surface area contributed by atoms with E-state index in [9.17, 15) is 18.3 Å². The lowest BCUT2D eigenvalue weighted by Gasteiger charge is -2.30. The number of halogens is 3. The predicted molar refractivity (Wildman–Crippen MR) is 64.6 cm³/mol. The molecule has 0 aliphatic rings. The Balaban J connectivity index is 2.60. The summed E-state index contributed by atoms with van der Waals surface area (Å²) in [6.45, 7) is 1.78. The number of rotatable bonds is 2. The zero-order valence-electron chi connectivity index (χ0n) is 9.53. The number of alkyl halides is 3. The summed E-state index contributed by atoms with van der Waals surface area (Å²) < 4.78 is 39.6. The summed E-state index contributed by atoms with van der Waals surface area (Å²) >= 11 is 1.12. The monoisotopic (exact) mass is 272 g/mol. The highest BCUT2D eigenvalue weighted by molar-refractivity contribution is 7.08. The molecule has 1 aromatic carbocycles. The summed E-state index contributed by atoms with van der Waals surface area (Å²) in [6.07, 6.45) is -4.76. The van der Waals surface area contributed by atoms with Crippen molar-refractivity contribution in [3.05, 3.63) is 57.8 Å². The summed E-state index contributed by atoms with van der Waals surface area (Å²) in [5.74, 6) is 0. The number of benzene rings is 1. The van der Waals surface area contributed by atoms with E-state index in [2.05, 4.69) is 0 Å². The first kappa shape index (κ1) is 13.1. The highest BCUT2D eigenvalue weighted by Crippen LogP contribution is 2.44. The Bertz CT molecular complexity index is 516. The summed E-state index contributed by atoms with van der Waals surface area (Å²) in [7, 11) is 0. The van der Waals surface area contributed by atoms with Gasteiger partial charge in [-0.05, 0) is 29.3 Å². The Morgan fingerprint density at radius 3 is 2.06 bits per heavy atom. The van der Waals surface area contributed by atoms with Gasteiger partial charge in [0.25, 0.3) is 0 Å². The minimum atomic E-state index is -4.76. The molecule has 0 aliphatic heterocycles. The standard InChI is InChI=1S/C13H11F3OS/c1-9-2-4-10(5-3-9)12(17,13(14,15)16)11-6-7-18-8-11/h2-8,17H,1H3. The molecule has 0 saturated carbocycles. The molecule has 2 aromatic rings. The van der Waals surface area contributed by atoms with Gasteiger partial charge in [0.15, 0.2) is 0 Å². The van der Waals surface area contributed by atoms with Gasteiger partial charge in [0.1, 0.15) is 0 Å². The van der Waals surface area contributed by atoms with E-state index in [4.69, 9.17) is 0 Å². The van der Waals surface area contributed by atoms with Crippen molar-refractivity contribution >= 4 is 11.3 Å². The highest BCUT2D eigenvalue weighted by atomic mass is 32.1. The van der Waals surface area contributed by atoms with Gasteiger partial charge in [-0.1, -0.05) is 29.8 Å². The van der Waals surface area contributed by atoms with Crippen LogP contribution in [0.3, 0.4) is 0 Å². The Morgan fingerprint density at radius 1 is 1.00 bits per heavy atom. The second-order valence-corrected chi connectivity index (χ2v) is 4.87. The van der Waals surface area contributed by atoms with Gasteiger partial charge in [0, 0.05) is 5.56 Å². The number of hydrogen-bond acceptors (Lipinski definition) is 2. The third kappa shape index (κ3) is 2.04. The molecule has 0 spiro atoms. The summed E-state index contributed by atoms with van der Waals surface area (Å²) in [5, 5.41) is 13.0. The van der Waals surface area contributed by atoms with Crippen LogP contribution in [0.25, 0.3) is 0 Å². The molecule has 1 nitrogen and oxygen atoms in total. The number of aryl methyl sites for hydroxylation is 1. The van der Waals surface area contributed by atoms with Crippen LogP contribution in [0.15, 0.2) is 41.1 Å². The Hall–Kier alpha value is -1.33. The maximum Gasteiger partial charge on any atom is 0.425 e. The summed E-state index contributed by atoms with van der Waals surface area (Å²) in [5.41, 5.74) is -2.42. The Morgan fingerprint density at radius 2 is 1.61 bits per heavy atom. The van der Waals surface area contributed by atoms with E-state index in [0.717, 1.165) is 16.9 Å². The van der Waals surface area contributed by atoms with Crippen LogP contribution in [-0.4, -0.2) is 11.3 Å². The van der Waals surface area contributed by atoms with Crippen LogP contribution in [0.5, 0.6) is 0 Å². The van der Waals surface area contributed by atoms with Crippen LogP contribution < -0.4 is 0 Å². The zero-order chi connectivity index (χ0) is 13.4. The molecule has 1 atom stereocenters. The van der Waals surface area contributed by atoms with Gasteiger partial charge in [-0.2, -0.15) is 24.5 Å². The SMILES string of the molecule is Cc1ccc(C(O)(c2ccsc2)C(F)(F)F)cc1. The average molecular weight is 272 g/mol. The third-order valence-corrected chi connectivity index (χ3v) is 3.50. The third-order valence-electron chi connectivity index (χ3n) is 2.82. The van der Waals surface area contributed by atoms with Crippen molar-refractivity contribution < 1.29 is 18.3 Å². The molecular formula is C13H11F3OS. The van der Waals surface area contributed by atoms with E-state index < -0.39 is 11.8 Å². The van der Waals surface area contributed by atoms with Crippen LogP contribution in [0.1, 0.15) is 16.7 Å². The van der Waals surface area contributed by atoms with Crippen molar-refractivity contribution in [1.82, 2.24) is 0 Å².